The Labute approximate surface area is 184 Å². The number of hydrogen-bond acceptors (Lipinski definition) is 6. The summed E-state index contributed by atoms with van der Waals surface area (Å²) >= 11 is 1.33. The molecule has 2 amide bonds. The molecule has 8 nitrogen and oxygen atoms in total. The molecule has 0 radical (unpaired) electrons. The van der Waals surface area contributed by atoms with Gasteiger partial charge in [-0.25, -0.2) is 9.97 Å². The predicted octanol–water partition coefficient (Wildman–Crippen LogP) is 3.45. The summed E-state index contributed by atoms with van der Waals surface area (Å²) in [6, 6.07) is 5.76. The Morgan fingerprint density at radius 1 is 1.35 bits per heavy atom. The normalized spacial score (nSPS) is 15.4. The van der Waals surface area contributed by atoms with Crippen molar-refractivity contribution in [3.63, 3.8) is 0 Å². The van der Waals surface area contributed by atoms with Crippen molar-refractivity contribution in [2.75, 3.05) is 13.1 Å². The smallest absolute Gasteiger partial charge is 0.264 e. The van der Waals surface area contributed by atoms with Gasteiger partial charge in [-0.3, -0.25) is 9.59 Å². The summed E-state index contributed by atoms with van der Waals surface area (Å²) in [6.45, 7) is 9.14. The number of nitrogens with one attached hydrogen (secondary N) is 2. The van der Waals surface area contributed by atoms with Crippen LogP contribution < -0.4 is 5.32 Å². The second-order valence-corrected chi connectivity index (χ2v) is 10.00. The second kappa shape index (κ2) is 7.78. The predicted molar refractivity (Wildman–Crippen MR) is 119 cm³/mol. The Morgan fingerprint density at radius 2 is 2.10 bits per heavy atom. The minimum atomic E-state index is -0.202. The van der Waals surface area contributed by atoms with Crippen molar-refractivity contribution in [3.05, 3.63) is 35.0 Å². The molecule has 1 saturated heterocycles. The molecule has 1 atom stereocenters. The number of carbonyl (C=O) groups excluding carboxylic acids is 2. The monoisotopic (exact) mass is 436 g/mol. The Kier molecular flexibility index (Phi) is 5.27. The Hall–Kier alpha value is -3.25. The molecule has 0 unspecified atom stereocenters. The number of thiophene rings is 1. The molecule has 9 heteroatoms. The fourth-order valence-electron chi connectivity index (χ4n) is 3.15. The first-order valence-corrected chi connectivity index (χ1v) is 10.9. The summed E-state index contributed by atoms with van der Waals surface area (Å²) in [7, 11) is 0. The van der Waals surface area contributed by atoms with Gasteiger partial charge in [0.2, 0.25) is 0 Å². The zero-order valence-electron chi connectivity index (χ0n) is 17.9. The molecule has 4 heterocycles. The maximum atomic E-state index is 12.8. The van der Waals surface area contributed by atoms with E-state index >= 15 is 0 Å². The van der Waals surface area contributed by atoms with E-state index in [0.717, 1.165) is 4.88 Å². The standard InChI is InChI=1S/C22H24N6O2S/c1-12(22(2,3)4)26-20(29)14-8-24-19-18(14)27-15(9-25-19)16-5-6-17(31-16)21(30)28-10-13(7-23)11-28/h5-6,8-9,12-13H,10-11H2,1-4H3,(H,24,25)(H,26,29)/t12-/m0/s1. The summed E-state index contributed by atoms with van der Waals surface area (Å²) in [5.74, 6) is -0.350. The van der Waals surface area contributed by atoms with E-state index in [4.69, 9.17) is 5.26 Å². The van der Waals surface area contributed by atoms with Crippen LogP contribution in [0.2, 0.25) is 0 Å². The van der Waals surface area contributed by atoms with Gasteiger partial charge >= 0.3 is 0 Å². The lowest BCUT2D eigenvalue weighted by Gasteiger charge is -2.34. The van der Waals surface area contributed by atoms with E-state index < -0.39 is 0 Å². The number of amides is 2. The van der Waals surface area contributed by atoms with Gasteiger partial charge < -0.3 is 15.2 Å². The minimum Gasteiger partial charge on any atom is -0.349 e. The van der Waals surface area contributed by atoms with Crippen LogP contribution in [0.3, 0.4) is 0 Å². The lowest BCUT2D eigenvalue weighted by atomic mass is 9.88. The average Bonchev–Trinajstić information content (AvgIpc) is 3.33. The fraction of sp³-hybridized carbons (Fsp3) is 0.409. The van der Waals surface area contributed by atoms with Crippen LogP contribution in [0.15, 0.2) is 24.5 Å². The molecule has 4 rings (SSSR count). The third-order valence-electron chi connectivity index (χ3n) is 5.69. The number of carbonyl (C=O) groups is 2. The van der Waals surface area contributed by atoms with E-state index in [2.05, 4.69) is 47.1 Å². The van der Waals surface area contributed by atoms with Crippen LogP contribution in [0.4, 0.5) is 0 Å². The molecule has 0 aromatic carbocycles. The van der Waals surface area contributed by atoms with Crippen molar-refractivity contribution >= 4 is 34.3 Å². The van der Waals surface area contributed by atoms with Gasteiger partial charge in [-0.1, -0.05) is 20.8 Å². The van der Waals surface area contributed by atoms with Crippen LogP contribution in [0.25, 0.3) is 21.7 Å². The number of nitrogens with zero attached hydrogens (tertiary/aromatic N) is 4. The molecular weight excluding hydrogens is 412 g/mol. The molecular formula is C22H24N6O2S. The number of aromatic nitrogens is 3. The summed E-state index contributed by atoms with van der Waals surface area (Å²) < 4.78 is 0. The average molecular weight is 437 g/mol. The summed E-state index contributed by atoms with van der Waals surface area (Å²) in [4.78, 5) is 40.5. The van der Waals surface area contributed by atoms with Gasteiger partial charge in [0.05, 0.1) is 39.2 Å². The summed E-state index contributed by atoms with van der Waals surface area (Å²) in [5.41, 5.74) is 2.01. The molecule has 0 aliphatic carbocycles. The first kappa shape index (κ1) is 21.0. The molecule has 160 valence electrons. The highest BCUT2D eigenvalue weighted by Gasteiger charge is 2.32. The first-order valence-electron chi connectivity index (χ1n) is 10.1. The van der Waals surface area contributed by atoms with Crippen molar-refractivity contribution in [1.82, 2.24) is 25.2 Å². The van der Waals surface area contributed by atoms with Crippen LogP contribution in [-0.4, -0.2) is 50.8 Å². The number of H-pyrrole nitrogens is 1. The van der Waals surface area contributed by atoms with Crippen LogP contribution in [-0.2, 0) is 0 Å². The van der Waals surface area contributed by atoms with Crippen molar-refractivity contribution in [2.24, 2.45) is 11.3 Å². The minimum absolute atomic E-state index is 0.0194. The molecule has 31 heavy (non-hydrogen) atoms. The molecule has 3 aromatic heterocycles. The quantitative estimate of drug-likeness (QED) is 0.650. The molecule has 2 N–H and O–H groups in total. The van der Waals surface area contributed by atoms with E-state index in [0.29, 0.717) is 40.4 Å². The van der Waals surface area contributed by atoms with Crippen LogP contribution in [0.1, 0.15) is 47.7 Å². The zero-order chi connectivity index (χ0) is 22.3. The second-order valence-electron chi connectivity index (χ2n) is 8.92. The Bertz CT molecular complexity index is 1190. The summed E-state index contributed by atoms with van der Waals surface area (Å²) in [5, 5.41) is 11.9. The van der Waals surface area contributed by atoms with E-state index in [9.17, 15) is 9.59 Å². The SMILES string of the molecule is C[C@H](NC(=O)c1c[nH]c2ncc(-c3ccc(C(=O)N4CC(C#N)C4)s3)nc12)C(C)(C)C. The third-order valence-corrected chi connectivity index (χ3v) is 6.79. The molecule has 1 fully saturated rings. The highest BCUT2D eigenvalue weighted by molar-refractivity contribution is 7.17. The van der Waals surface area contributed by atoms with Crippen LogP contribution in [0, 0.1) is 22.7 Å². The zero-order valence-corrected chi connectivity index (χ0v) is 18.7. The number of nitriles is 1. The third kappa shape index (κ3) is 4.03. The highest BCUT2D eigenvalue weighted by Crippen LogP contribution is 2.30. The van der Waals surface area contributed by atoms with Gasteiger partial charge in [-0.2, -0.15) is 5.26 Å². The lowest BCUT2D eigenvalue weighted by Crippen LogP contribution is -2.49. The topological polar surface area (TPSA) is 115 Å². The molecule has 3 aromatic rings. The Balaban J connectivity index is 1.57. The largest absolute Gasteiger partial charge is 0.349 e. The molecule has 0 saturated carbocycles. The van der Waals surface area contributed by atoms with Crippen molar-refractivity contribution in [2.45, 2.75) is 33.7 Å². The molecule has 0 bridgehead atoms. The van der Waals surface area contributed by atoms with Gasteiger partial charge in [0.15, 0.2) is 5.65 Å². The van der Waals surface area contributed by atoms with Crippen LogP contribution >= 0.6 is 11.3 Å². The van der Waals surface area contributed by atoms with Gasteiger partial charge in [0.25, 0.3) is 11.8 Å². The van der Waals surface area contributed by atoms with Gasteiger partial charge in [-0.15, -0.1) is 11.3 Å². The van der Waals surface area contributed by atoms with Crippen molar-refractivity contribution < 1.29 is 9.59 Å². The molecule has 1 aliphatic rings. The lowest BCUT2D eigenvalue weighted by molar-refractivity contribution is 0.0582. The summed E-state index contributed by atoms with van der Waals surface area (Å²) in [6.07, 6.45) is 3.26. The van der Waals surface area contributed by atoms with E-state index in [1.807, 2.05) is 13.0 Å². The number of likely N-dealkylation sites (tertiary alicyclic amines) is 1. The van der Waals surface area contributed by atoms with E-state index in [1.165, 1.54) is 11.3 Å². The van der Waals surface area contributed by atoms with Gasteiger partial charge in [-0.05, 0) is 24.5 Å². The number of aromatic amines is 1. The first-order chi connectivity index (χ1) is 14.7. The Morgan fingerprint density at radius 3 is 2.77 bits per heavy atom. The van der Waals surface area contributed by atoms with Crippen LogP contribution in [0.5, 0.6) is 0 Å². The van der Waals surface area contributed by atoms with E-state index in [-0.39, 0.29) is 29.2 Å². The molecule has 1 aliphatic heterocycles. The highest BCUT2D eigenvalue weighted by atomic mass is 32.1. The number of hydrogen-bond donors (Lipinski definition) is 2. The van der Waals surface area contributed by atoms with E-state index in [1.54, 1.807) is 23.4 Å². The number of fused-ring (bicyclic) bond motifs is 1. The maximum absolute atomic E-state index is 12.8. The van der Waals surface area contributed by atoms with Crippen molar-refractivity contribution in [3.8, 4) is 16.6 Å². The maximum Gasteiger partial charge on any atom is 0.264 e. The molecule has 0 spiro atoms. The van der Waals surface area contributed by atoms with Crippen molar-refractivity contribution in [1.29, 1.82) is 5.26 Å². The number of rotatable bonds is 4. The fourth-order valence-corrected chi connectivity index (χ4v) is 4.07. The van der Waals surface area contributed by atoms with Gasteiger partial charge in [0.1, 0.15) is 5.52 Å². The van der Waals surface area contributed by atoms with Gasteiger partial charge in [0, 0.05) is 25.3 Å².